The van der Waals surface area contributed by atoms with E-state index in [1.54, 1.807) is 17.0 Å². The fourth-order valence-corrected chi connectivity index (χ4v) is 1.82. The molecule has 0 radical (unpaired) electrons. The second kappa shape index (κ2) is 6.37. The molecule has 0 atom stereocenters. The van der Waals surface area contributed by atoms with Crippen molar-refractivity contribution in [1.29, 1.82) is 0 Å². The molecule has 0 saturated carbocycles. The molecule has 1 saturated heterocycles. The summed E-state index contributed by atoms with van der Waals surface area (Å²) >= 11 is 0. The van der Waals surface area contributed by atoms with Crippen molar-refractivity contribution in [2.45, 2.75) is 6.61 Å². The fraction of sp³-hybridized carbons (Fsp3) is 0.462. The first-order chi connectivity index (χ1) is 8.81. The number of aliphatic hydroxyl groups excluding tert-OH is 1. The summed E-state index contributed by atoms with van der Waals surface area (Å²) in [5, 5.41) is 9.14. The third kappa shape index (κ3) is 3.21. The molecule has 5 heteroatoms. The first kappa shape index (κ1) is 12.9. The molecular formula is C13H17NO4. The van der Waals surface area contributed by atoms with Crippen molar-refractivity contribution in [3.05, 3.63) is 29.8 Å². The van der Waals surface area contributed by atoms with E-state index in [-0.39, 0.29) is 19.1 Å². The molecule has 2 rings (SSSR count). The van der Waals surface area contributed by atoms with Gasteiger partial charge in [-0.25, -0.2) is 0 Å². The highest BCUT2D eigenvalue weighted by Gasteiger charge is 2.17. The molecule has 0 aliphatic carbocycles. The van der Waals surface area contributed by atoms with E-state index in [0.717, 1.165) is 0 Å². The molecule has 0 unspecified atom stereocenters. The standard InChI is InChI=1S/C13H17NO4/c15-9-11-3-1-2-4-12(11)18-10-13(16)14-5-7-17-8-6-14/h1-4,15H,5-10H2. The van der Waals surface area contributed by atoms with E-state index in [1.807, 2.05) is 12.1 Å². The van der Waals surface area contributed by atoms with Gasteiger partial charge in [0.25, 0.3) is 5.91 Å². The van der Waals surface area contributed by atoms with Gasteiger partial charge in [0.2, 0.25) is 0 Å². The van der Waals surface area contributed by atoms with Crippen molar-refractivity contribution in [2.24, 2.45) is 0 Å². The Bertz CT molecular complexity index is 402. The van der Waals surface area contributed by atoms with Crippen molar-refractivity contribution in [3.63, 3.8) is 0 Å². The van der Waals surface area contributed by atoms with Crippen LogP contribution < -0.4 is 4.74 Å². The lowest BCUT2D eigenvalue weighted by Gasteiger charge is -2.26. The van der Waals surface area contributed by atoms with Gasteiger partial charge in [-0.05, 0) is 6.07 Å². The van der Waals surface area contributed by atoms with Gasteiger partial charge in [0.05, 0.1) is 19.8 Å². The second-order valence-corrected chi connectivity index (χ2v) is 4.05. The van der Waals surface area contributed by atoms with Crippen LogP contribution >= 0.6 is 0 Å². The van der Waals surface area contributed by atoms with Crippen LogP contribution in [0.25, 0.3) is 0 Å². The van der Waals surface area contributed by atoms with E-state index in [2.05, 4.69) is 0 Å². The Morgan fingerprint density at radius 2 is 2.06 bits per heavy atom. The van der Waals surface area contributed by atoms with Crippen molar-refractivity contribution in [2.75, 3.05) is 32.9 Å². The molecule has 0 aromatic heterocycles. The van der Waals surface area contributed by atoms with E-state index in [0.29, 0.717) is 37.6 Å². The normalized spacial score (nSPS) is 15.5. The molecule has 1 fully saturated rings. The number of hydrogen-bond donors (Lipinski definition) is 1. The molecule has 98 valence electrons. The Balaban J connectivity index is 1.88. The van der Waals surface area contributed by atoms with Gasteiger partial charge in [-0.3, -0.25) is 4.79 Å². The number of aliphatic hydroxyl groups is 1. The third-order valence-corrected chi connectivity index (χ3v) is 2.86. The summed E-state index contributed by atoms with van der Waals surface area (Å²) in [7, 11) is 0. The Morgan fingerprint density at radius 1 is 1.33 bits per heavy atom. The average Bonchev–Trinajstić information content (AvgIpc) is 2.46. The third-order valence-electron chi connectivity index (χ3n) is 2.86. The van der Waals surface area contributed by atoms with E-state index in [9.17, 15) is 4.79 Å². The lowest BCUT2D eigenvalue weighted by Crippen LogP contribution is -2.43. The number of carbonyl (C=O) groups excluding carboxylic acids is 1. The average molecular weight is 251 g/mol. The maximum absolute atomic E-state index is 11.9. The molecule has 0 spiro atoms. The van der Waals surface area contributed by atoms with Crippen LogP contribution in [0.15, 0.2) is 24.3 Å². The van der Waals surface area contributed by atoms with Crippen LogP contribution in [0.5, 0.6) is 5.75 Å². The summed E-state index contributed by atoms with van der Waals surface area (Å²) in [5.41, 5.74) is 0.687. The van der Waals surface area contributed by atoms with Crippen LogP contribution in [0.4, 0.5) is 0 Å². The minimum Gasteiger partial charge on any atom is -0.483 e. The Kier molecular flexibility index (Phi) is 4.55. The molecule has 1 N–H and O–H groups in total. The van der Waals surface area contributed by atoms with Gasteiger partial charge in [-0.15, -0.1) is 0 Å². The summed E-state index contributed by atoms with van der Waals surface area (Å²) in [6, 6.07) is 7.16. The predicted octanol–water partition coefficient (Wildman–Crippen LogP) is 0.416. The SMILES string of the molecule is O=C(COc1ccccc1CO)N1CCOCC1. The van der Waals surface area contributed by atoms with Crippen molar-refractivity contribution in [3.8, 4) is 5.75 Å². The Hall–Kier alpha value is -1.59. The topological polar surface area (TPSA) is 59.0 Å². The maximum Gasteiger partial charge on any atom is 0.260 e. The van der Waals surface area contributed by atoms with Crippen molar-refractivity contribution >= 4 is 5.91 Å². The second-order valence-electron chi connectivity index (χ2n) is 4.05. The van der Waals surface area contributed by atoms with Crippen molar-refractivity contribution < 1.29 is 19.4 Å². The molecule has 1 aromatic rings. The Morgan fingerprint density at radius 3 is 2.78 bits per heavy atom. The number of benzene rings is 1. The van der Waals surface area contributed by atoms with Crippen LogP contribution in [0.2, 0.25) is 0 Å². The summed E-state index contributed by atoms with van der Waals surface area (Å²) in [6.07, 6.45) is 0. The van der Waals surface area contributed by atoms with Gasteiger partial charge < -0.3 is 19.5 Å². The van der Waals surface area contributed by atoms with Gasteiger partial charge >= 0.3 is 0 Å². The zero-order valence-corrected chi connectivity index (χ0v) is 10.2. The molecule has 1 aliphatic heterocycles. The number of rotatable bonds is 4. The highest BCUT2D eigenvalue weighted by molar-refractivity contribution is 5.77. The van der Waals surface area contributed by atoms with E-state index >= 15 is 0 Å². The molecule has 18 heavy (non-hydrogen) atoms. The summed E-state index contributed by atoms with van der Waals surface area (Å²) in [6.45, 7) is 2.30. The lowest BCUT2D eigenvalue weighted by molar-refractivity contribution is -0.137. The molecule has 0 bridgehead atoms. The van der Waals surface area contributed by atoms with Gasteiger partial charge in [-0.2, -0.15) is 0 Å². The first-order valence-corrected chi connectivity index (χ1v) is 5.98. The quantitative estimate of drug-likeness (QED) is 0.842. The molecule has 1 aromatic carbocycles. The molecule has 5 nitrogen and oxygen atoms in total. The number of amides is 1. The predicted molar refractivity (Wildman–Crippen MR) is 65.3 cm³/mol. The van der Waals surface area contributed by atoms with Crippen molar-refractivity contribution in [1.82, 2.24) is 4.90 Å². The molecule has 1 heterocycles. The molecule has 1 aliphatic rings. The van der Waals surface area contributed by atoms with Crippen LogP contribution in [-0.2, 0) is 16.1 Å². The van der Waals surface area contributed by atoms with Gasteiger partial charge in [-0.1, -0.05) is 18.2 Å². The number of ether oxygens (including phenoxy) is 2. The summed E-state index contributed by atoms with van der Waals surface area (Å²) in [5.74, 6) is 0.507. The van der Waals surface area contributed by atoms with Crippen LogP contribution in [-0.4, -0.2) is 48.8 Å². The van der Waals surface area contributed by atoms with Gasteiger partial charge in [0, 0.05) is 18.7 Å². The number of morpholine rings is 1. The molecular weight excluding hydrogens is 234 g/mol. The van der Waals surface area contributed by atoms with Crippen LogP contribution in [0, 0.1) is 0 Å². The highest BCUT2D eigenvalue weighted by atomic mass is 16.5. The zero-order valence-electron chi connectivity index (χ0n) is 10.2. The van der Waals surface area contributed by atoms with Crippen LogP contribution in [0.1, 0.15) is 5.56 Å². The van der Waals surface area contributed by atoms with E-state index in [4.69, 9.17) is 14.6 Å². The minimum atomic E-state index is -0.0953. The van der Waals surface area contributed by atoms with Gasteiger partial charge in [0.1, 0.15) is 5.75 Å². The summed E-state index contributed by atoms with van der Waals surface area (Å²) in [4.78, 5) is 13.6. The monoisotopic (exact) mass is 251 g/mol. The lowest BCUT2D eigenvalue weighted by atomic mass is 10.2. The van der Waals surface area contributed by atoms with Gasteiger partial charge in [0.15, 0.2) is 6.61 Å². The maximum atomic E-state index is 11.9. The number of carbonyl (C=O) groups is 1. The largest absolute Gasteiger partial charge is 0.483 e. The van der Waals surface area contributed by atoms with E-state index in [1.165, 1.54) is 0 Å². The number of hydrogen-bond acceptors (Lipinski definition) is 4. The van der Waals surface area contributed by atoms with Crippen LogP contribution in [0.3, 0.4) is 0 Å². The fourth-order valence-electron chi connectivity index (χ4n) is 1.82. The highest BCUT2D eigenvalue weighted by Crippen LogP contribution is 2.17. The summed E-state index contributed by atoms with van der Waals surface area (Å²) < 4.78 is 10.6. The Labute approximate surface area is 106 Å². The zero-order chi connectivity index (χ0) is 12.8. The minimum absolute atomic E-state index is 0.00296. The molecule has 1 amide bonds. The first-order valence-electron chi connectivity index (χ1n) is 5.98. The smallest absolute Gasteiger partial charge is 0.260 e. The number of para-hydroxylation sites is 1. The number of nitrogens with zero attached hydrogens (tertiary/aromatic N) is 1. The van der Waals surface area contributed by atoms with E-state index < -0.39 is 0 Å².